The molecule has 0 atom stereocenters. The smallest absolute Gasteiger partial charge is 0.261 e. The van der Waals surface area contributed by atoms with Crippen LogP contribution in [0.2, 0.25) is 0 Å². The van der Waals surface area contributed by atoms with E-state index in [4.69, 9.17) is 0 Å². The Bertz CT molecular complexity index is 1050. The van der Waals surface area contributed by atoms with Crippen molar-refractivity contribution in [3.8, 4) is 0 Å². The first-order valence-electron chi connectivity index (χ1n) is 7.98. The van der Waals surface area contributed by atoms with Gasteiger partial charge in [0, 0.05) is 16.6 Å². The van der Waals surface area contributed by atoms with Crippen molar-refractivity contribution in [1.29, 1.82) is 0 Å². The molecule has 4 nitrogen and oxygen atoms in total. The summed E-state index contributed by atoms with van der Waals surface area (Å²) in [6.45, 7) is 0. The number of aryl methyl sites for hydroxylation is 1. The second kappa shape index (κ2) is 5.81. The van der Waals surface area contributed by atoms with Gasteiger partial charge in [0.2, 0.25) is 0 Å². The van der Waals surface area contributed by atoms with Crippen LogP contribution in [0.3, 0.4) is 0 Å². The van der Waals surface area contributed by atoms with E-state index < -0.39 is 23.1 Å². The molecule has 1 aliphatic rings. The maximum atomic E-state index is 13.7. The number of carbonyl (C=O) groups excluding carboxylic acids is 1. The van der Waals surface area contributed by atoms with Gasteiger partial charge < -0.3 is 10.3 Å². The molecule has 25 heavy (non-hydrogen) atoms. The molecule has 1 amide bonds. The van der Waals surface area contributed by atoms with Crippen molar-refractivity contribution in [2.75, 3.05) is 5.32 Å². The number of hydrogen-bond donors (Lipinski definition) is 2. The molecule has 2 N–H and O–H groups in total. The number of anilines is 1. The summed E-state index contributed by atoms with van der Waals surface area (Å²) in [6, 6.07) is 8.33. The molecule has 0 spiro atoms. The molecule has 0 aliphatic heterocycles. The molecule has 0 saturated carbocycles. The number of benzene rings is 2. The van der Waals surface area contributed by atoms with Crippen LogP contribution >= 0.6 is 0 Å². The first kappa shape index (κ1) is 15.5. The summed E-state index contributed by atoms with van der Waals surface area (Å²) in [6.07, 6.45) is 2.57. The van der Waals surface area contributed by atoms with Crippen LogP contribution in [0.25, 0.3) is 10.9 Å². The molecule has 0 bridgehead atoms. The van der Waals surface area contributed by atoms with Gasteiger partial charge in [-0.3, -0.25) is 9.59 Å². The number of fused-ring (bicyclic) bond motifs is 3. The Labute approximate surface area is 141 Å². The SMILES string of the molecule is O=C(Nc1ccc2c3c(c(=O)[nH]c2c1)CCC3)c1c(F)cccc1F. The number of hydrogen-bond acceptors (Lipinski definition) is 2. The van der Waals surface area contributed by atoms with E-state index in [9.17, 15) is 18.4 Å². The summed E-state index contributed by atoms with van der Waals surface area (Å²) in [5.74, 6) is -2.73. The Balaban J connectivity index is 1.72. The second-order valence-electron chi connectivity index (χ2n) is 6.08. The van der Waals surface area contributed by atoms with Crippen molar-refractivity contribution >= 4 is 22.5 Å². The van der Waals surface area contributed by atoms with Crippen LogP contribution < -0.4 is 10.9 Å². The lowest BCUT2D eigenvalue weighted by Crippen LogP contribution is -2.16. The highest BCUT2D eigenvalue weighted by Gasteiger charge is 2.19. The molecule has 126 valence electrons. The number of pyridine rings is 1. The van der Waals surface area contributed by atoms with Gasteiger partial charge in [-0.1, -0.05) is 12.1 Å². The van der Waals surface area contributed by atoms with E-state index in [1.54, 1.807) is 12.1 Å². The third-order valence-electron chi connectivity index (χ3n) is 4.53. The largest absolute Gasteiger partial charge is 0.322 e. The Morgan fingerprint density at radius 2 is 1.76 bits per heavy atom. The van der Waals surface area contributed by atoms with Crippen molar-refractivity contribution in [2.45, 2.75) is 19.3 Å². The molecule has 0 radical (unpaired) electrons. The van der Waals surface area contributed by atoms with Crippen LogP contribution in [0, 0.1) is 11.6 Å². The van der Waals surface area contributed by atoms with Gasteiger partial charge in [-0.25, -0.2) is 8.78 Å². The van der Waals surface area contributed by atoms with Gasteiger partial charge in [-0.15, -0.1) is 0 Å². The van der Waals surface area contributed by atoms with E-state index in [0.29, 0.717) is 11.2 Å². The third-order valence-corrected chi connectivity index (χ3v) is 4.53. The highest BCUT2D eigenvalue weighted by Crippen LogP contribution is 2.28. The molecule has 6 heteroatoms. The predicted molar refractivity (Wildman–Crippen MR) is 90.9 cm³/mol. The van der Waals surface area contributed by atoms with Gasteiger partial charge >= 0.3 is 0 Å². The fourth-order valence-corrected chi connectivity index (χ4v) is 3.39. The molecule has 1 heterocycles. The lowest BCUT2D eigenvalue weighted by atomic mass is 10.1. The lowest BCUT2D eigenvalue weighted by molar-refractivity contribution is 0.101. The summed E-state index contributed by atoms with van der Waals surface area (Å²) < 4.78 is 27.4. The summed E-state index contributed by atoms with van der Waals surface area (Å²) in [5.41, 5.74) is 2.05. The first-order chi connectivity index (χ1) is 12.0. The molecular weight excluding hydrogens is 326 g/mol. The average molecular weight is 340 g/mol. The number of amides is 1. The molecule has 0 fully saturated rings. The average Bonchev–Trinajstić information content (AvgIpc) is 3.05. The minimum atomic E-state index is -0.926. The fraction of sp³-hybridized carbons (Fsp3) is 0.158. The molecule has 0 unspecified atom stereocenters. The van der Waals surface area contributed by atoms with Crippen LogP contribution in [0.15, 0.2) is 41.2 Å². The number of carbonyl (C=O) groups is 1. The molecule has 1 aromatic heterocycles. The number of halogens is 2. The molecule has 2 aromatic carbocycles. The fourth-order valence-electron chi connectivity index (χ4n) is 3.39. The second-order valence-corrected chi connectivity index (χ2v) is 6.08. The van der Waals surface area contributed by atoms with Gasteiger partial charge in [0.25, 0.3) is 11.5 Å². The van der Waals surface area contributed by atoms with E-state index in [-0.39, 0.29) is 5.56 Å². The van der Waals surface area contributed by atoms with Gasteiger partial charge in [0.15, 0.2) is 0 Å². The molecule has 1 aliphatic carbocycles. The third kappa shape index (κ3) is 2.59. The lowest BCUT2D eigenvalue weighted by Gasteiger charge is -2.10. The monoisotopic (exact) mass is 340 g/mol. The Kier molecular flexibility index (Phi) is 3.60. The minimum Gasteiger partial charge on any atom is -0.322 e. The van der Waals surface area contributed by atoms with Gasteiger partial charge in [0.1, 0.15) is 17.2 Å². The first-order valence-corrected chi connectivity index (χ1v) is 7.98. The van der Waals surface area contributed by atoms with E-state index in [1.165, 1.54) is 6.07 Å². The Hall–Kier alpha value is -3.02. The molecule has 3 aromatic rings. The summed E-state index contributed by atoms with van der Waals surface area (Å²) in [5, 5.41) is 3.41. The van der Waals surface area contributed by atoms with E-state index in [1.807, 2.05) is 6.07 Å². The number of rotatable bonds is 2. The van der Waals surface area contributed by atoms with Crippen LogP contribution in [0.4, 0.5) is 14.5 Å². The van der Waals surface area contributed by atoms with E-state index in [2.05, 4.69) is 10.3 Å². The number of aromatic nitrogens is 1. The van der Waals surface area contributed by atoms with Crippen molar-refractivity contribution in [3.63, 3.8) is 0 Å². The zero-order valence-electron chi connectivity index (χ0n) is 13.2. The van der Waals surface area contributed by atoms with E-state index in [0.717, 1.165) is 47.9 Å². The van der Waals surface area contributed by atoms with Crippen molar-refractivity contribution in [1.82, 2.24) is 4.98 Å². The summed E-state index contributed by atoms with van der Waals surface area (Å²) in [4.78, 5) is 27.1. The zero-order chi connectivity index (χ0) is 17.6. The number of aromatic amines is 1. The van der Waals surface area contributed by atoms with Gasteiger partial charge in [-0.05, 0) is 49.1 Å². The molecule has 4 rings (SSSR count). The predicted octanol–water partition coefficient (Wildman–Crippen LogP) is 3.55. The standard InChI is InChI=1S/C19H14F2N2O2/c20-14-5-2-6-15(21)17(14)19(25)22-10-7-8-12-11-3-1-4-13(11)18(24)23-16(12)9-10/h2,5-9H,1,3-4H2,(H,22,25)(H,23,24). The van der Waals surface area contributed by atoms with Crippen LogP contribution in [-0.4, -0.2) is 10.9 Å². The Morgan fingerprint density at radius 3 is 2.52 bits per heavy atom. The minimum absolute atomic E-state index is 0.122. The maximum Gasteiger partial charge on any atom is 0.261 e. The highest BCUT2D eigenvalue weighted by molar-refractivity contribution is 6.05. The molecule has 0 saturated heterocycles. The number of H-pyrrole nitrogens is 1. The number of nitrogens with one attached hydrogen (secondary N) is 2. The maximum absolute atomic E-state index is 13.7. The quantitative estimate of drug-likeness (QED) is 0.749. The zero-order valence-corrected chi connectivity index (χ0v) is 13.2. The van der Waals surface area contributed by atoms with Crippen LogP contribution in [0.1, 0.15) is 27.9 Å². The van der Waals surface area contributed by atoms with Crippen molar-refractivity contribution in [3.05, 3.63) is 75.1 Å². The van der Waals surface area contributed by atoms with Crippen LogP contribution in [0.5, 0.6) is 0 Å². The summed E-state index contributed by atoms with van der Waals surface area (Å²) in [7, 11) is 0. The van der Waals surface area contributed by atoms with Crippen LogP contribution in [-0.2, 0) is 12.8 Å². The Morgan fingerprint density at radius 1 is 1.04 bits per heavy atom. The molecular formula is C19H14F2N2O2. The normalized spacial score (nSPS) is 13.0. The van der Waals surface area contributed by atoms with Crippen molar-refractivity contribution in [2.24, 2.45) is 0 Å². The van der Waals surface area contributed by atoms with E-state index >= 15 is 0 Å². The van der Waals surface area contributed by atoms with Gasteiger partial charge in [-0.2, -0.15) is 0 Å². The summed E-state index contributed by atoms with van der Waals surface area (Å²) >= 11 is 0. The topological polar surface area (TPSA) is 62.0 Å². The van der Waals surface area contributed by atoms with Crippen molar-refractivity contribution < 1.29 is 13.6 Å². The highest BCUT2D eigenvalue weighted by atomic mass is 19.1. The van der Waals surface area contributed by atoms with Gasteiger partial charge in [0.05, 0.1) is 5.52 Å².